The maximum Gasteiger partial charge on any atom is 0.224 e. The lowest BCUT2D eigenvalue weighted by atomic mass is 10.1. The summed E-state index contributed by atoms with van der Waals surface area (Å²) in [5, 5.41) is 1.19. The van der Waals surface area contributed by atoms with Gasteiger partial charge in [0.25, 0.3) is 0 Å². The van der Waals surface area contributed by atoms with E-state index in [1.807, 2.05) is 32.0 Å². The van der Waals surface area contributed by atoms with E-state index >= 15 is 0 Å². The summed E-state index contributed by atoms with van der Waals surface area (Å²) >= 11 is 0. The Bertz CT molecular complexity index is 647. The van der Waals surface area contributed by atoms with Crippen LogP contribution in [0.3, 0.4) is 0 Å². The Labute approximate surface area is 113 Å². The number of aryl methyl sites for hydroxylation is 2. The van der Waals surface area contributed by atoms with Gasteiger partial charge in [0.05, 0.1) is 11.8 Å². The number of rotatable bonds is 2. The summed E-state index contributed by atoms with van der Waals surface area (Å²) in [6.45, 7) is 5.32. The zero-order valence-electron chi connectivity index (χ0n) is 11.3. The van der Waals surface area contributed by atoms with E-state index in [9.17, 15) is 13.2 Å². The maximum absolute atomic E-state index is 11.9. The van der Waals surface area contributed by atoms with Gasteiger partial charge in [-0.1, -0.05) is 12.1 Å². The van der Waals surface area contributed by atoms with Crippen molar-refractivity contribution < 1.29 is 13.2 Å². The molecule has 102 valence electrons. The summed E-state index contributed by atoms with van der Waals surface area (Å²) < 4.78 is 23.1. The summed E-state index contributed by atoms with van der Waals surface area (Å²) in [6.07, 6.45) is 1.58. The first-order chi connectivity index (χ1) is 8.80. The molecular formula is C14H17NO3S. The van der Waals surface area contributed by atoms with Crippen LogP contribution in [0.15, 0.2) is 29.7 Å². The van der Waals surface area contributed by atoms with Gasteiger partial charge in [-0.25, -0.2) is 8.42 Å². The van der Waals surface area contributed by atoms with Crippen molar-refractivity contribution in [2.75, 3.05) is 10.7 Å². The number of benzene rings is 1. The van der Waals surface area contributed by atoms with E-state index in [4.69, 9.17) is 0 Å². The highest BCUT2D eigenvalue weighted by Gasteiger charge is 2.30. The Morgan fingerprint density at radius 1 is 1.32 bits per heavy atom. The van der Waals surface area contributed by atoms with E-state index in [2.05, 4.69) is 0 Å². The Hall–Kier alpha value is -1.62. The van der Waals surface area contributed by atoms with Crippen LogP contribution in [0.4, 0.5) is 5.69 Å². The van der Waals surface area contributed by atoms with Gasteiger partial charge < -0.3 is 4.90 Å². The van der Waals surface area contributed by atoms with Crippen molar-refractivity contribution in [3.05, 3.63) is 40.8 Å². The Morgan fingerprint density at radius 2 is 2.00 bits per heavy atom. The highest BCUT2D eigenvalue weighted by atomic mass is 32.2. The quantitative estimate of drug-likeness (QED) is 0.831. The lowest BCUT2D eigenvalue weighted by Crippen LogP contribution is -2.40. The summed E-state index contributed by atoms with van der Waals surface area (Å²) in [5.74, 6) is -0.194. The standard InChI is InChI=1S/C14H17NO3S/c1-10-4-5-11(2)14(8-10)15(12(3)16)13-6-7-19(17,18)9-13/h4-8,13H,9H2,1-3H3. The number of amides is 1. The molecule has 19 heavy (non-hydrogen) atoms. The fourth-order valence-corrected chi connectivity index (χ4v) is 3.55. The molecule has 0 saturated carbocycles. The summed E-state index contributed by atoms with van der Waals surface area (Å²) in [6, 6.07) is 5.41. The predicted molar refractivity (Wildman–Crippen MR) is 75.8 cm³/mol. The monoisotopic (exact) mass is 279 g/mol. The first-order valence-corrected chi connectivity index (χ1v) is 7.80. The molecule has 1 aromatic carbocycles. The molecule has 0 radical (unpaired) electrons. The van der Waals surface area contributed by atoms with Crippen LogP contribution in [-0.4, -0.2) is 26.1 Å². The third-order valence-corrected chi connectivity index (χ3v) is 4.58. The predicted octanol–water partition coefficient (Wildman–Crippen LogP) is 1.97. The molecule has 0 N–H and O–H groups in total. The molecule has 0 bridgehead atoms. The third kappa shape index (κ3) is 2.87. The molecule has 0 saturated heterocycles. The molecular weight excluding hydrogens is 262 g/mol. The molecule has 1 atom stereocenters. The van der Waals surface area contributed by atoms with E-state index in [0.29, 0.717) is 0 Å². The highest BCUT2D eigenvalue weighted by molar-refractivity contribution is 7.94. The number of hydrogen-bond acceptors (Lipinski definition) is 3. The lowest BCUT2D eigenvalue weighted by molar-refractivity contribution is -0.116. The van der Waals surface area contributed by atoms with Gasteiger partial charge in [-0.05, 0) is 37.1 Å². The molecule has 0 spiro atoms. The fourth-order valence-electron chi connectivity index (χ4n) is 2.28. The van der Waals surface area contributed by atoms with E-state index in [1.54, 1.807) is 11.0 Å². The van der Waals surface area contributed by atoms with E-state index < -0.39 is 15.9 Å². The lowest BCUT2D eigenvalue weighted by Gasteiger charge is -2.28. The van der Waals surface area contributed by atoms with Crippen LogP contribution in [0.5, 0.6) is 0 Å². The van der Waals surface area contributed by atoms with Crippen molar-refractivity contribution in [1.29, 1.82) is 0 Å². The molecule has 0 aliphatic carbocycles. The van der Waals surface area contributed by atoms with Crippen molar-refractivity contribution in [2.24, 2.45) is 0 Å². The third-order valence-electron chi connectivity index (χ3n) is 3.21. The molecule has 1 amide bonds. The van der Waals surface area contributed by atoms with Gasteiger partial charge in [-0.2, -0.15) is 0 Å². The molecule has 1 aliphatic rings. The minimum Gasteiger partial charge on any atom is -0.304 e. The zero-order chi connectivity index (χ0) is 14.2. The fraction of sp³-hybridized carbons (Fsp3) is 0.357. The van der Waals surface area contributed by atoms with E-state index in [0.717, 1.165) is 16.8 Å². The van der Waals surface area contributed by atoms with Crippen LogP contribution < -0.4 is 4.90 Å². The number of carbonyl (C=O) groups excluding carboxylic acids is 1. The molecule has 1 heterocycles. The molecule has 5 heteroatoms. The van der Waals surface area contributed by atoms with Crippen LogP contribution in [0.2, 0.25) is 0 Å². The Morgan fingerprint density at radius 3 is 2.53 bits per heavy atom. The Kier molecular flexibility index (Phi) is 3.49. The normalized spacial score (nSPS) is 20.5. The highest BCUT2D eigenvalue weighted by Crippen LogP contribution is 2.27. The van der Waals surface area contributed by atoms with Gasteiger partial charge in [0.2, 0.25) is 5.91 Å². The molecule has 2 rings (SSSR count). The van der Waals surface area contributed by atoms with E-state index in [-0.39, 0.29) is 11.7 Å². The topological polar surface area (TPSA) is 54.5 Å². The van der Waals surface area contributed by atoms with Crippen molar-refractivity contribution in [3.63, 3.8) is 0 Å². The average Bonchev–Trinajstić information content (AvgIpc) is 2.63. The van der Waals surface area contributed by atoms with Gasteiger partial charge in [0.15, 0.2) is 9.84 Å². The second kappa shape index (κ2) is 4.81. The summed E-state index contributed by atoms with van der Waals surface area (Å²) in [7, 11) is -3.18. The van der Waals surface area contributed by atoms with Crippen LogP contribution in [0.25, 0.3) is 0 Å². The number of hydrogen-bond donors (Lipinski definition) is 0. The number of sulfone groups is 1. The average molecular weight is 279 g/mol. The number of nitrogens with zero attached hydrogens (tertiary/aromatic N) is 1. The second-order valence-corrected chi connectivity index (χ2v) is 6.84. The summed E-state index contributed by atoms with van der Waals surface area (Å²) in [4.78, 5) is 13.5. The number of carbonyl (C=O) groups is 1. The first-order valence-electron chi connectivity index (χ1n) is 6.08. The molecule has 0 fully saturated rings. The van der Waals surface area contributed by atoms with Crippen LogP contribution in [0.1, 0.15) is 18.1 Å². The molecule has 1 aromatic rings. The minimum atomic E-state index is -3.18. The summed E-state index contributed by atoms with van der Waals surface area (Å²) in [5.41, 5.74) is 2.77. The van der Waals surface area contributed by atoms with Gasteiger partial charge in [0.1, 0.15) is 0 Å². The van der Waals surface area contributed by atoms with Crippen molar-refractivity contribution in [3.8, 4) is 0 Å². The van der Waals surface area contributed by atoms with Gasteiger partial charge in [-0.3, -0.25) is 4.79 Å². The van der Waals surface area contributed by atoms with Crippen molar-refractivity contribution in [2.45, 2.75) is 26.8 Å². The molecule has 1 aliphatic heterocycles. The first kappa shape index (κ1) is 13.8. The smallest absolute Gasteiger partial charge is 0.224 e. The SMILES string of the molecule is CC(=O)N(c1cc(C)ccc1C)C1C=CS(=O)(=O)C1. The van der Waals surface area contributed by atoms with Gasteiger partial charge >= 0.3 is 0 Å². The minimum absolute atomic E-state index is 0.0417. The van der Waals surface area contributed by atoms with Crippen molar-refractivity contribution in [1.82, 2.24) is 0 Å². The Balaban J connectivity index is 2.45. The maximum atomic E-state index is 11.9. The van der Waals surface area contributed by atoms with E-state index in [1.165, 1.54) is 12.3 Å². The zero-order valence-corrected chi connectivity index (χ0v) is 12.1. The number of anilines is 1. The molecule has 0 aromatic heterocycles. The van der Waals surface area contributed by atoms with Crippen LogP contribution in [-0.2, 0) is 14.6 Å². The molecule has 4 nitrogen and oxygen atoms in total. The molecule has 1 unspecified atom stereocenters. The van der Waals surface area contributed by atoms with Crippen LogP contribution >= 0.6 is 0 Å². The van der Waals surface area contributed by atoms with Gasteiger partial charge in [-0.15, -0.1) is 0 Å². The van der Waals surface area contributed by atoms with Crippen LogP contribution in [0, 0.1) is 13.8 Å². The largest absolute Gasteiger partial charge is 0.304 e. The second-order valence-electron chi connectivity index (χ2n) is 4.90. The van der Waals surface area contributed by atoms with Gasteiger partial charge in [0, 0.05) is 18.0 Å². The van der Waals surface area contributed by atoms with Crippen molar-refractivity contribution >= 4 is 21.4 Å².